The van der Waals surface area contributed by atoms with Crippen molar-refractivity contribution in [2.45, 2.75) is 37.6 Å². The van der Waals surface area contributed by atoms with Crippen LogP contribution in [0.25, 0.3) is 0 Å². The molecule has 2 aromatic rings. The Kier molecular flexibility index (Phi) is 5.83. The summed E-state index contributed by atoms with van der Waals surface area (Å²) in [6.45, 7) is 5.49. The molecule has 1 aromatic heterocycles. The molecule has 7 nitrogen and oxygen atoms in total. The maximum absolute atomic E-state index is 13.2. The van der Waals surface area contributed by atoms with Crippen LogP contribution in [-0.4, -0.2) is 71.5 Å². The van der Waals surface area contributed by atoms with Crippen molar-refractivity contribution in [1.82, 2.24) is 20.1 Å². The molecule has 0 saturated carbocycles. The van der Waals surface area contributed by atoms with Gasteiger partial charge in [-0.15, -0.1) is 0 Å². The van der Waals surface area contributed by atoms with Gasteiger partial charge >= 0.3 is 6.03 Å². The smallest absolute Gasteiger partial charge is 0.325 e. The molecule has 1 aliphatic carbocycles. The number of imide groups is 1. The van der Waals surface area contributed by atoms with Crippen LogP contribution in [0.5, 0.6) is 0 Å². The number of piperazine rings is 1. The highest BCUT2D eigenvalue weighted by Crippen LogP contribution is 2.33. The van der Waals surface area contributed by atoms with E-state index in [1.165, 1.54) is 16.0 Å². The number of aryl methyl sites for hydroxylation is 1. The van der Waals surface area contributed by atoms with Crippen molar-refractivity contribution in [2.75, 3.05) is 44.2 Å². The fraction of sp³-hybridized carbons (Fsp3) is 0.480. The van der Waals surface area contributed by atoms with Gasteiger partial charge in [-0.05, 0) is 55.5 Å². The van der Waals surface area contributed by atoms with Gasteiger partial charge in [0.15, 0.2) is 0 Å². The van der Waals surface area contributed by atoms with E-state index in [0.29, 0.717) is 19.4 Å². The van der Waals surface area contributed by atoms with Crippen LogP contribution in [0.1, 0.15) is 30.4 Å². The van der Waals surface area contributed by atoms with Crippen LogP contribution in [0.4, 0.5) is 10.6 Å². The molecule has 32 heavy (non-hydrogen) atoms. The molecule has 1 spiro atoms. The third kappa shape index (κ3) is 4.09. The fourth-order valence-electron chi connectivity index (χ4n) is 5.25. The average molecular weight is 434 g/mol. The number of amides is 3. The van der Waals surface area contributed by atoms with E-state index < -0.39 is 5.54 Å². The zero-order chi connectivity index (χ0) is 22.0. The first-order valence-electron chi connectivity index (χ1n) is 11.7. The highest BCUT2D eigenvalue weighted by Gasteiger charge is 2.51. The van der Waals surface area contributed by atoms with Crippen LogP contribution in [0.15, 0.2) is 48.7 Å². The third-order valence-corrected chi connectivity index (χ3v) is 7.13. The Morgan fingerprint density at radius 2 is 1.66 bits per heavy atom. The molecule has 1 atom stereocenters. The number of hydrogen-bond acceptors (Lipinski definition) is 5. The molecule has 3 heterocycles. The van der Waals surface area contributed by atoms with E-state index in [-0.39, 0.29) is 11.9 Å². The van der Waals surface area contributed by atoms with Crippen molar-refractivity contribution in [3.05, 3.63) is 59.8 Å². The number of urea groups is 1. The number of benzene rings is 1. The highest BCUT2D eigenvalue weighted by molar-refractivity contribution is 6.07. The Balaban J connectivity index is 1.08. The second-order valence-corrected chi connectivity index (χ2v) is 9.14. The van der Waals surface area contributed by atoms with Crippen molar-refractivity contribution >= 4 is 17.8 Å². The lowest BCUT2D eigenvalue weighted by molar-refractivity contribution is -0.131. The van der Waals surface area contributed by atoms with Gasteiger partial charge in [0.1, 0.15) is 11.4 Å². The first-order valence-corrected chi connectivity index (χ1v) is 11.7. The molecule has 2 aliphatic heterocycles. The van der Waals surface area contributed by atoms with Crippen molar-refractivity contribution < 1.29 is 9.59 Å². The minimum Gasteiger partial charge on any atom is -0.354 e. The van der Waals surface area contributed by atoms with Gasteiger partial charge in [-0.2, -0.15) is 0 Å². The molecule has 1 aromatic carbocycles. The molecule has 3 amide bonds. The number of rotatable bonds is 6. The maximum atomic E-state index is 13.2. The molecule has 3 aliphatic rings. The number of aromatic nitrogens is 1. The summed E-state index contributed by atoms with van der Waals surface area (Å²) in [5.74, 6) is 1.01. The zero-order valence-corrected chi connectivity index (χ0v) is 18.5. The van der Waals surface area contributed by atoms with E-state index >= 15 is 0 Å². The predicted octanol–water partition coefficient (Wildman–Crippen LogP) is 2.46. The van der Waals surface area contributed by atoms with Gasteiger partial charge < -0.3 is 10.2 Å². The Labute approximate surface area is 189 Å². The number of pyridine rings is 1. The maximum Gasteiger partial charge on any atom is 0.325 e. The number of nitrogens with one attached hydrogen (secondary N) is 1. The second kappa shape index (κ2) is 8.90. The Hall–Kier alpha value is -2.93. The summed E-state index contributed by atoms with van der Waals surface area (Å²) in [6, 6.07) is 14.1. The molecule has 1 N–H and O–H groups in total. The van der Waals surface area contributed by atoms with Gasteiger partial charge in [0, 0.05) is 45.3 Å². The molecule has 7 heteroatoms. The normalized spacial score (nSPS) is 23.5. The van der Waals surface area contributed by atoms with Gasteiger partial charge in [0.2, 0.25) is 0 Å². The van der Waals surface area contributed by atoms with Gasteiger partial charge in [-0.3, -0.25) is 14.6 Å². The van der Waals surface area contributed by atoms with Crippen molar-refractivity contribution in [3.63, 3.8) is 0 Å². The summed E-state index contributed by atoms with van der Waals surface area (Å²) in [7, 11) is 0. The SMILES string of the molecule is O=C1NC2(CCc3ccccc3C2)C(=O)N1CCCCN1CCN(c2ccccn2)CC1. The topological polar surface area (TPSA) is 68.8 Å². The van der Waals surface area contributed by atoms with Crippen LogP contribution >= 0.6 is 0 Å². The molecule has 2 saturated heterocycles. The molecule has 0 radical (unpaired) electrons. The number of carbonyl (C=O) groups is 2. The van der Waals surface area contributed by atoms with E-state index in [2.05, 4.69) is 38.3 Å². The predicted molar refractivity (Wildman–Crippen MR) is 124 cm³/mol. The first-order chi connectivity index (χ1) is 15.6. The molecule has 168 valence electrons. The summed E-state index contributed by atoms with van der Waals surface area (Å²) in [5, 5.41) is 3.04. The van der Waals surface area contributed by atoms with Crippen LogP contribution in [0.3, 0.4) is 0 Å². The van der Waals surface area contributed by atoms with Gasteiger partial charge in [-0.1, -0.05) is 30.3 Å². The standard InChI is InChI=1S/C25H31N5O2/c31-23-25(11-10-20-7-1-2-8-21(20)19-25)27-24(32)30(23)14-6-5-13-28-15-17-29(18-16-28)22-9-3-4-12-26-22/h1-4,7-9,12H,5-6,10-11,13-19H2,(H,27,32). The Morgan fingerprint density at radius 1 is 0.906 bits per heavy atom. The van der Waals surface area contributed by atoms with E-state index in [0.717, 1.165) is 57.8 Å². The summed E-state index contributed by atoms with van der Waals surface area (Å²) in [6.07, 6.45) is 5.79. The van der Waals surface area contributed by atoms with E-state index in [9.17, 15) is 9.59 Å². The lowest BCUT2D eigenvalue weighted by atomic mass is 9.78. The number of unbranched alkanes of at least 4 members (excludes halogenated alkanes) is 1. The van der Waals surface area contributed by atoms with Crippen molar-refractivity contribution in [1.29, 1.82) is 0 Å². The summed E-state index contributed by atoms with van der Waals surface area (Å²) in [4.78, 5) is 36.5. The molecule has 0 bridgehead atoms. The summed E-state index contributed by atoms with van der Waals surface area (Å²) < 4.78 is 0. The Morgan fingerprint density at radius 3 is 2.44 bits per heavy atom. The summed E-state index contributed by atoms with van der Waals surface area (Å²) in [5.41, 5.74) is 1.73. The van der Waals surface area contributed by atoms with Crippen LogP contribution < -0.4 is 10.2 Å². The van der Waals surface area contributed by atoms with Gasteiger partial charge in [0.05, 0.1) is 0 Å². The number of fused-ring (bicyclic) bond motifs is 1. The third-order valence-electron chi connectivity index (χ3n) is 7.13. The highest BCUT2D eigenvalue weighted by atomic mass is 16.2. The summed E-state index contributed by atoms with van der Waals surface area (Å²) >= 11 is 0. The van der Waals surface area contributed by atoms with Crippen molar-refractivity contribution in [2.24, 2.45) is 0 Å². The van der Waals surface area contributed by atoms with Crippen LogP contribution in [-0.2, 0) is 17.6 Å². The number of carbonyl (C=O) groups excluding carboxylic acids is 2. The van der Waals surface area contributed by atoms with E-state index in [1.54, 1.807) is 0 Å². The Bertz CT molecular complexity index is 973. The average Bonchev–Trinajstić information content (AvgIpc) is 3.06. The van der Waals surface area contributed by atoms with E-state index in [4.69, 9.17) is 0 Å². The molecule has 1 unspecified atom stereocenters. The monoisotopic (exact) mass is 433 g/mol. The first kappa shape index (κ1) is 20.9. The lowest BCUT2D eigenvalue weighted by Gasteiger charge is -2.35. The molecule has 2 fully saturated rings. The molecular formula is C25H31N5O2. The largest absolute Gasteiger partial charge is 0.354 e. The van der Waals surface area contributed by atoms with Crippen LogP contribution in [0, 0.1) is 0 Å². The zero-order valence-electron chi connectivity index (χ0n) is 18.5. The van der Waals surface area contributed by atoms with Gasteiger partial charge in [0.25, 0.3) is 5.91 Å². The number of anilines is 1. The lowest BCUT2D eigenvalue weighted by Crippen LogP contribution is -2.51. The minimum absolute atomic E-state index is 0.0408. The van der Waals surface area contributed by atoms with Gasteiger partial charge in [-0.25, -0.2) is 9.78 Å². The quantitative estimate of drug-likeness (QED) is 0.560. The fourth-order valence-corrected chi connectivity index (χ4v) is 5.25. The second-order valence-electron chi connectivity index (χ2n) is 9.14. The minimum atomic E-state index is -0.743. The molecule has 5 rings (SSSR count). The molecular weight excluding hydrogens is 402 g/mol. The van der Waals surface area contributed by atoms with E-state index in [1.807, 2.05) is 30.5 Å². The number of nitrogens with zero attached hydrogens (tertiary/aromatic N) is 4. The van der Waals surface area contributed by atoms with Crippen molar-refractivity contribution in [3.8, 4) is 0 Å². The number of hydrogen-bond donors (Lipinski definition) is 1. The van der Waals surface area contributed by atoms with Crippen LogP contribution in [0.2, 0.25) is 0 Å².